The summed E-state index contributed by atoms with van der Waals surface area (Å²) in [5.74, 6) is 1.94. The molecule has 0 spiro atoms. The predicted octanol–water partition coefficient (Wildman–Crippen LogP) is 4.02. The zero-order valence-electron chi connectivity index (χ0n) is 12.1. The molecule has 0 bridgehead atoms. The van der Waals surface area contributed by atoms with Crippen molar-refractivity contribution in [2.45, 2.75) is 38.3 Å². The fourth-order valence-electron chi connectivity index (χ4n) is 3.01. The fourth-order valence-corrected chi connectivity index (χ4v) is 3.01. The van der Waals surface area contributed by atoms with Gasteiger partial charge in [0.2, 0.25) is 0 Å². The van der Waals surface area contributed by atoms with E-state index in [1.54, 1.807) is 13.4 Å². The van der Waals surface area contributed by atoms with Gasteiger partial charge in [-0.25, -0.2) is 0 Å². The van der Waals surface area contributed by atoms with E-state index in [4.69, 9.17) is 9.15 Å². The van der Waals surface area contributed by atoms with Crippen molar-refractivity contribution in [3.05, 3.63) is 53.5 Å². The van der Waals surface area contributed by atoms with Gasteiger partial charge in [-0.2, -0.15) is 0 Å². The highest BCUT2D eigenvalue weighted by Gasteiger charge is 2.23. The number of methoxy groups -OCH3 is 1. The monoisotopic (exact) mass is 271 g/mol. The first-order valence-corrected chi connectivity index (χ1v) is 7.24. The molecule has 1 N–H and O–H groups in total. The molecule has 0 aliphatic heterocycles. The molecular formula is C17H21NO2. The summed E-state index contributed by atoms with van der Waals surface area (Å²) in [4.78, 5) is 0. The van der Waals surface area contributed by atoms with Gasteiger partial charge in [0, 0.05) is 6.04 Å². The normalized spacial score (nSPS) is 19.4. The van der Waals surface area contributed by atoms with Crippen LogP contribution in [0.5, 0.6) is 5.75 Å². The van der Waals surface area contributed by atoms with E-state index in [-0.39, 0.29) is 6.04 Å². The lowest BCUT2D eigenvalue weighted by atomic mass is 9.87. The first-order valence-electron chi connectivity index (χ1n) is 7.24. The van der Waals surface area contributed by atoms with Crippen LogP contribution in [0.3, 0.4) is 0 Å². The Labute approximate surface area is 119 Å². The average molecular weight is 271 g/mol. The Hall–Kier alpha value is -1.74. The summed E-state index contributed by atoms with van der Waals surface area (Å²) in [6, 6.07) is 11.0. The molecule has 3 heteroatoms. The molecule has 0 saturated heterocycles. The topological polar surface area (TPSA) is 34.4 Å². The Kier molecular flexibility index (Phi) is 3.79. The molecule has 1 heterocycles. The van der Waals surface area contributed by atoms with Crippen molar-refractivity contribution >= 4 is 0 Å². The van der Waals surface area contributed by atoms with Crippen LogP contribution in [-0.2, 0) is 6.42 Å². The summed E-state index contributed by atoms with van der Waals surface area (Å²) in [6.07, 6.45) is 5.25. The average Bonchev–Trinajstić information content (AvgIpc) is 3.01. The van der Waals surface area contributed by atoms with E-state index < -0.39 is 0 Å². The highest BCUT2D eigenvalue weighted by molar-refractivity contribution is 5.39. The zero-order valence-corrected chi connectivity index (χ0v) is 12.1. The lowest BCUT2D eigenvalue weighted by Crippen LogP contribution is -2.27. The lowest BCUT2D eigenvalue weighted by molar-refractivity contribution is 0.366. The first-order chi connectivity index (χ1) is 9.78. The smallest absolute Gasteiger partial charge is 0.120 e. The maximum absolute atomic E-state index is 5.48. The number of rotatable bonds is 4. The number of hydrogen-bond donors (Lipinski definition) is 1. The second-order valence-electron chi connectivity index (χ2n) is 5.41. The molecule has 2 atom stereocenters. The molecule has 1 aromatic heterocycles. The summed E-state index contributed by atoms with van der Waals surface area (Å²) in [5, 5.41) is 3.68. The standard InChI is InChI=1S/C17H21NO2/c1-12(17-7-4-10-20-17)18-16-6-3-5-13-11-14(19-2)8-9-15(13)16/h4,7-12,16,18H,3,5-6H2,1-2H3. The van der Waals surface area contributed by atoms with Crippen molar-refractivity contribution in [1.29, 1.82) is 0 Å². The van der Waals surface area contributed by atoms with Gasteiger partial charge in [0.05, 0.1) is 19.4 Å². The minimum absolute atomic E-state index is 0.225. The minimum Gasteiger partial charge on any atom is -0.497 e. The van der Waals surface area contributed by atoms with Gasteiger partial charge in [0.1, 0.15) is 11.5 Å². The van der Waals surface area contributed by atoms with Crippen LogP contribution in [0, 0.1) is 0 Å². The van der Waals surface area contributed by atoms with Crippen molar-refractivity contribution in [3.63, 3.8) is 0 Å². The van der Waals surface area contributed by atoms with Crippen molar-refractivity contribution in [2.75, 3.05) is 7.11 Å². The van der Waals surface area contributed by atoms with Gasteiger partial charge < -0.3 is 14.5 Å². The highest BCUT2D eigenvalue weighted by atomic mass is 16.5. The molecule has 1 aliphatic rings. The van der Waals surface area contributed by atoms with Crippen LogP contribution >= 0.6 is 0 Å². The minimum atomic E-state index is 0.225. The Morgan fingerprint density at radius 1 is 1.35 bits per heavy atom. The molecular weight excluding hydrogens is 250 g/mol. The molecule has 0 radical (unpaired) electrons. The van der Waals surface area contributed by atoms with E-state index in [9.17, 15) is 0 Å². The largest absolute Gasteiger partial charge is 0.497 e. The van der Waals surface area contributed by atoms with Gasteiger partial charge in [-0.15, -0.1) is 0 Å². The van der Waals surface area contributed by atoms with Crippen molar-refractivity contribution in [1.82, 2.24) is 5.32 Å². The van der Waals surface area contributed by atoms with Gasteiger partial charge in [0.25, 0.3) is 0 Å². The second kappa shape index (κ2) is 5.71. The summed E-state index contributed by atoms with van der Waals surface area (Å²) < 4.78 is 10.8. The van der Waals surface area contributed by atoms with Crippen LogP contribution in [-0.4, -0.2) is 7.11 Å². The van der Waals surface area contributed by atoms with E-state index in [2.05, 4.69) is 30.4 Å². The third-order valence-corrected chi connectivity index (χ3v) is 4.09. The van der Waals surface area contributed by atoms with E-state index in [0.717, 1.165) is 17.9 Å². The molecule has 2 aromatic rings. The molecule has 0 saturated carbocycles. The number of hydrogen-bond acceptors (Lipinski definition) is 3. The summed E-state index contributed by atoms with van der Waals surface area (Å²) in [6.45, 7) is 2.15. The molecule has 0 amide bonds. The maximum atomic E-state index is 5.48. The molecule has 3 nitrogen and oxygen atoms in total. The number of benzene rings is 1. The van der Waals surface area contributed by atoms with E-state index in [0.29, 0.717) is 6.04 Å². The van der Waals surface area contributed by atoms with Crippen LogP contribution < -0.4 is 10.1 Å². The van der Waals surface area contributed by atoms with Crippen LogP contribution in [0.25, 0.3) is 0 Å². The van der Waals surface area contributed by atoms with E-state index in [1.807, 2.05) is 12.1 Å². The van der Waals surface area contributed by atoms with Crippen molar-refractivity contribution < 1.29 is 9.15 Å². The molecule has 3 rings (SSSR count). The number of furan rings is 1. The predicted molar refractivity (Wildman–Crippen MR) is 78.9 cm³/mol. The van der Waals surface area contributed by atoms with Gasteiger partial charge in [-0.05, 0) is 61.6 Å². The Morgan fingerprint density at radius 2 is 2.25 bits per heavy atom. The number of ether oxygens (including phenoxy) is 1. The van der Waals surface area contributed by atoms with Gasteiger partial charge in [0.15, 0.2) is 0 Å². The second-order valence-corrected chi connectivity index (χ2v) is 5.41. The molecule has 20 heavy (non-hydrogen) atoms. The van der Waals surface area contributed by atoms with E-state index in [1.165, 1.54) is 24.0 Å². The molecule has 1 aromatic carbocycles. The maximum Gasteiger partial charge on any atom is 0.120 e. The zero-order chi connectivity index (χ0) is 13.9. The third kappa shape index (κ3) is 2.59. The fraction of sp³-hybridized carbons (Fsp3) is 0.412. The van der Waals surface area contributed by atoms with Crippen LogP contribution in [0.1, 0.15) is 48.7 Å². The van der Waals surface area contributed by atoms with Gasteiger partial charge in [-0.1, -0.05) is 6.07 Å². The van der Waals surface area contributed by atoms with Crippen molar-refractivity contribution in [3.8, 4) is 5.75 Å². The number of nitrogens with one attached hydrogen (secondary N) is 1. The Morgan fingerprint density at radius 3 is 3.00 bits per heavy atom. The van der Waals surface area contributed by atoms with E-state index >= 15 is 0 Å². The quantitative estimate of drug-likeness (QED) is 0.912. The first kappa shape index (κ1) is 13.3. The number of fused-ring (bicyclic) bond motifs is 1. The molecule has 1 aliphatic carbocycles. The lowest BCUT2D eigenvalue weighted by Gasteiger charge is -2.29. The SMILES string of the molecule is COc1ccc2c(c1)CCCC2NC(C)c1ccco1. The molecule has 0 fully saturated rings. The Bertz CT molecular complexity index is 562. The third-order valence-electron chi connectivity index (χ3n) is 4.09. The summed E-state index contributed by atoms with van der Waals surface area (Å²) >= 11 is 0. The van der Waals surface area contributed by atoms with Crippen LogP contribution in [0.15, 0.2) is 41.0 Å². The van der Waals surface area contributed by atoms with Crippen molar-refractivity contribution in [2.24, 2.45) is 0 Å². The van der Waals surface area contributed by atoms with Gasteiger partial charge in [-0.3, -0.25) is 0 Å². The highest BCUT2D eigenvalue weighted by Crippen LogP contribution is 2.33. The van der Waals surface area contributed by atoms with Crippen LogP contribution in [0.2, 0.25) is 0 Å². The summed E-state index contributed by atoms with van der Waals surface area (Å²) in [7, 11) is 1.72. The van der Waals surface area contributed by atoms with Gasteiger partial charge >= 0.3 is 0 Å². The molecule has 106 valence electrons. The Balaban J connectivity index is 1.79. The summed E-state index contributed by atoms with van der Waals surface area (Å²) in [5.41, 5.74) is 2.80. The molecule has 2 unspecified atom stereocenters. The van der Waals surface area contributed by atoms with Crippen LogP contribution in [0.4, 0.5) is 0 Å². The number of aryl methyl sites for hydroxylation is 1.